The normalized spacial score (nSPS) is 54.3. The first-order valence-electron chi connectivity index (χ1n) is 5.02. The lowest BCUT2D eigenvalue weighted by atomic mass is 10.1. The van der Waals surface area contributed by atoms with Gasteiger partial charge in [-0.3, -0.25) is 4.79 Å². The van der Waals surface area contributed by atoms with Gasteiger partial charge in [-0.05, 0) is 20.8 Å². The Kier molecular flexibility index (Phi) is 2.05. The first-order chi connectivity index (χ1) is 6.71. The van der Waals surface area contributed by atoms with E-state index in [1.165, 1.54) is 13.8 Å². The fourth-order valence-corrected chi connectivity index (χ4v) is 2.19. The summed E-state index contributed by atoms with van der Waals surface area (Å²) in [5.41, 5.74) is 0. The Labute approximate surface area is 88.3 Å². The summed E-state index contributed by atoms with van der Waals surface area (Å²) in [6.07, 6.45) is 0.142. The monoisotopic (exact) mass is 216 g/mol. The van der Waals surface area contributed by atoms with Gasteiger partial charge < -0.3 is 19.3 Å². The topological polar surface area (TPSA) is 65.0 Å². The molecule has 2 aliphatic rings. The van der Waals surface area contributed by atoms with Crippen molar-refractivity contribution in [2.45, 2.75) is 57.6 Å². The predicted molar refractivity (Wildman–Crippen MR) is 49.8 cm³/mol. The van der Waals surface area contributed by atoms with Crippen LogP contribution in [0.3, 0.4) is 0 Å². The average Bonchev–Trinajstić information content (AvgIpc) is 2.29. The molecule has 0 spiro atoms. The molecule has 2 heterocycles. The van der Waals surface area contributed by atoms with Crippen LogP contribution in [0.4, 0.5) is 0 Å². The highest BCUT2D eigenvalue weighted by molar-refractivity contribution is 5.83. The number of fused-ring (bicyclic) bond motifs is 1. The van der Waals surface area contributed by atoms with Crippen LogP contribution in [0, 0.1) is 0 Å². The lowest BCUT2D eigenvalue weighted by Crippen LogP contribution is -2.45. The van der Waals surface area contributed by atoms with Crippen molar-refractivity contribution in [1.29, 1.82) is 0 Å². The molecule has 86 valence electrons. The van der Waals surface area contributed by atoms with E-state index in [4.69, 9.17) is 14.2 Å². The van der Waals surface area contributed by atoms with Gasteiger partial charge in [0.25, 0.3) is 0 Å². The molecule has 1 N–H and O–H groups in total. The maximum Gasteiger partial charge on any atom is 0.231 e. The Morgan fingerprint density at radius 3 is 2.47 bits per heavy atom. The number of carbonyl (C=O) groups is 1. The van der Waals surface area contributed by atoms with Crippen LogP contribution in [0.1, 0.15) is 34.1 Å². The zero-order chi connectivity index (χ0) is 11.5. The van der Waals surface area contributed by atoms with Crippen LogP contribution < -0.4 is 0 Å². The van der Waals surface area contributed by atoms with Gasteiger partial charge in [0.05, 0.1) is 6.10 Å². The van der Waals surface area contributed by atoms with Crippen LogP contribution >= 0.6 is 0 Å². The Morgan fingerprint density at radius 2 is 2.00 bits per heavy atom. The molecule has 2 rings (SSSR count). The summed E-state index contributed by atoms with van der Waals surface area (Å²) in [4.78, 5) is 11.3. The molecule has 2 fully saturated rings. The quantitative estimate of drug-likeness (QED) is 0.693. The van der Waals surface area contributed by atoms with E-state index in [-0.39, 0.29) is 11.9 Å². The van der Waals surface area contributed by atoms with Crippen LogP contribution in [0.25, 0.3) is 0 Å². The summed E-state index contributed by atoms with van der Waals surface area (Å²) in [6, 6.07) is 0. The minimum absolute atomic E-state index is 0.156. The van der Waals surface area contributed by atoms with Crippen LogP contribution in [0.2, 0.25) is 0 Å². The number of rotatable bonds is 1. The summed E-state index contributed by atoms with van der Waals surface area (Å²) in [6.45, 7) is 6.26. The molecular formula is C10H16O5. The first-order valence-corrected chi connectivity index (χ1v) is 5.02. The standard InChI is InChI=1S/C10H16O5/c1-6-5-10(12)9(4,13-6)14-8(3,15-10)7(2)11/h6,12H,5H2,1-4H3/t6-,8-,9-,10-/m0/s1. The largest absolute Gasteiger partial charge is 0.361 e. The molecule has 0 saturated carbocycles. The van der Waals surface area contributed by atoms with Crippen LogP contribution in [0.15, 0.2) is 0 Å². The summed E-state index contributed by atoms with van der Waals surface area (Å²) in [5, 5.41) is 10.2. The molecule has 0 unspecified atom stereocenters. The molecule has 0 aliphatic carbocycles. The Balaban J connectivity index is 2.32. The Hall–Kier alpha value is -0.490. The highest BCUT2D eigenvalue weighted by Gasteiger charge is 2.69. The average molecular weight is 216 g/mol. The van der Waals surface area contributed by atoms with Gasteiger partial charge in [-0.15, -0.1) is 0 Å². The van der Waals surface area contributed by atoms with Crippen molar-refractivity contribution in [3.8, 4) is 0 Å². The van der Waals surface area contributed by atoms with Gasteiger partial charge in [-0.25, -0.2) is 0 Å². The minimum atomic E-state index is -1.53. The van der Waals surface area contributed by atoms with Gasteiger partial charge in [0.2, 0.25) is 17.4 Å². The second-order valence-corrected chi connectivity index (χ2v) is 4.57. The SMILES string of the molecule is CC(=O)[C@@]1(C)O[C@]2(C)O[C@@H](C)C[C@]2(O)O1. The van der Waals surface area contributed by atoms with E-state index >= 15 is 0 Å². The molecule has 15 heavy (non-hydrogen) atoms. The third-order valence-electron chi connectivity index (χ3n) is 3.09. The molecule has 0 aromatic rings. The zero-order valence-corrected chi connectivity index (χ0v) is 9.36. The number of hydrogen-bond donors (Lipinski definition) is 1. The number of ether oxygens (including phenoxy) is 3. The van der Waals surface area contributed by atoms with Crippen molar-refractivity contribution in [3.63, 3.8) is 0 Å². The van der Waals surface area contributed by atoms with Gasteiger partial charge in [0.1, 0.15) is 0 Å². The lowest BCUT2D eigenvalue weighted by Gasteiger charge is -2.26. The summed E-state index contributed by atoms with van der Waals surface area (Å²) < 4.78 is 16.3. The zero-order valence-electron chi connectivity index (χ0n) is 9.36. The van der Waals surface area contributed by atoms with E-state index < -0.39 is 17.4 Å². The van der Waals surface area contributed by atoms with E-state index in [1.807, 2.05) is 6.92 Å². The van der Waals surface area contributed by atoms with Gasteiger partial charge in [-0.1, -0.05) is 0 Å². The number of ketones is 1. The van der Waals surface area contributed by atoms with Crippen LogP contribution in [-0.2, 0) is 19.0 Å². The molecule has 4 atom stereocenters. The van der Waals surface area contributed by atoms with Crippen molar-refractivity contribution in [3.05, 3.63) is 0 Å². The predicted octanol–water partition coefficient (Wildman–Crippen LogP) is 0.552. The lowest BCUT2D eigenvalue weighted by molar-refractivity contribution is -0.260. The van der Waals surface area contributed by atoms with Crippen molar-refractivity contribution in [2.75, 3.05) is 0 Å². The van der Waals surface area contributed by atoms with E-state index in [2.05, 4.69) is 0 Å². The van der Waals surface area contributed by atoms with Gasteiger partial charge in [-0.2, -0.15) is 0 Å². The van der Waals surface area contributed by atoms with Crippen LogP contribution in [-0.4, -0.2) is 34.4 Å². The van der Waals surface area contributed by atoms with Gasteiger partial charge in [0.15, 0.2) is 5.78 Å². The number of aliphatic hydroxyl groups is 1. The second-order valence-electron chi connectivity index (χ2n) is 4.57. The minimum Gasteiger partial charge on any atom is -0.361 e. The van der Waals surface area contributed by atoms with Gasteiger partial charge in [0, 0.05) is 13.3 Å². The molecule has 5 nitrogen and oxygen atoms in total. The van der Waals surface area contributed by atoms with Gasteiger partial charge >= 0.3 is 0 Å². The highest BCUT2D eigenvalue weighted by atomic mass is 16.9. The third kappa shape index (κ3) is 1.34. The highest BCUT2D eigenvalue weighted by Crippen LogP contribution is 2.51. The molecule has 0 aromatic heterocycles. The smallest absolute Gasteiger partial charge is 0.231 e. The van der Waals surface area contributed by atoms with Crippen molar-refractivity contribution < 1.29 is 24.1 Å². The maximum absolute atomic E-state index is 11.3. The third-order valence-corrected chi connectivity index (χ3v) is 3.09. The summed E-state index contributed by atoms with van der Waals surface area (Å²) in [7, 11) is 0. The summed E-state index contributed by atoms with van der Waals surface area (Å²) in [5.74, 6) is -4.49. The number of Topliss-reactive ketones (excluding diaryl/α,β-unsaturated/α-hetero) is 1. The second kappa shape index (κ2) is 2.79. The molecular weight excluding hydrogens is 200 g/mol. The molecule has 2 saturated heterocycles. The van der Waals surface area contributed by atoms with E-state index in [9.17, 15) is 9.90 Å². The maximum atomic E-state index is 11.3. The molecule has 0 bridgehead atoms. The molecule has 0 aromatic carbocycles. The number of carbonyl (C=O) groups excluding carboxylic acids is 1. The summed E-state index contributed by atoms with van der Waals surface area (Å²) >= 11 is 0. The van der Waals surface area contributed by atoms with E-state index in [0.717, 1.165) is 0 Å². The fraction of sp³-hybridized carbons (Fsp3) is 0.900. The molecule has 0 radical (unpaired) electrons. The van der Waals surface area contributed by atoms with Crippen molar-refractivity contribution in [1.82, 2.24) is 0 Å². The van der Waals surface area contributed by atoms with E-state index in [0.29, 0.717) is 6.42 Å². The van der Waals surface area contributed by atoms with Crippen LogP contribution in [0.5, 0.6) is 0 Å². The fourth-order valence-electron chi connectivity index (χ4n) is 2.19. The first kappa shape index (κ1) is 11.0. The Morgan fingerprint density at radius 1 is 1.40 bits per heavy atom. The Bertz CT molecular complexity index is 295. The van der Waals surface area contributed by atoms with E-state index in [1.54, 1.807) is 6.92 Å². The van der Waals surface area contributed by atoms with Crippen molar-refractivity contribution >= 4 is 5.78 Å². The number of hydrogen-bond acceptors (Lipinski definition) is 5. The molecule has 5 heteroatoms. The van der Waals surface area contributed by atoms with Crippen molar-refractivity contribution in [2.24, 2.45) is 0 Å². The molecule has 2 aliphatic heterocycles. The molecule has 0 amide bonds.